The lowest BCUT2D eigenvalue weighted by molar-refractivity contribution is -0.385. The summed E-state index contributed by atoms with van der Waals surface area (Å²) >= 11 is 4.47. The van der Waals surface area contributed by atoms with E-state index in [1.165, 1.54) is 17.4 Å². The van der Waals surface area contributed by atoms with Gasteiger partial charge in [-0.2, -0.15) is 0 Å². The smallest absolute Gasteiger partial charge is 0.287 e. The number of anilines is 1. The Morgan fingerprint density at radius 3 is 2.94 bits per heavy atom. The predicted octanol–water partition coefficient (Wildman–Crippen LogP) is 2.98. The Bertz CT molecular complexity index is 587. The molecule has 1 heterocycles. The second-order valence-electron chi connectivity index (χ2n) is 3.31. The van der Waals surface area contributed by atoms with Crippen LogP contribution in [0.3, 0.4) is 0 Å². The Morgan fingerprint density at radius 2 is 2.33 bits per heavy atom. The fourth-order valence-electron chi connectivity index (χ4n) is 1.29. The molecule has 0 aliphatic carbocycles. The van der Waals surface area contributed by atoms with E-state index < -0.39 is 4.92 Å². The molecule has 18 heavy (non-hydrogen) atoms. The number of nitro benzene ring substituents is 1. The molecule has 0 spiro atoms. The van der Waals surface area contributed by atoms with Crippen LogP contribution >= 0.6 is 27.3 Å². The van der Waals surface area contributed by atoms with Crippen LogP contribution in [-0.4, -0.2) is 9.91 Å². The van der Waals surface area contributed by atoms with Crippen LogP contribution in [-0.2, 0) is 6.61 Å². The zero-order chi connectivity index (χ0) is 13.1. The monoisotopic (exact) mass is 329 g/mol. The molecule has 6 nitrogen and oxygen atoms in total. The predicted molar refractivity (Wildman–Crippen MR) is 71.7 cm³/mol. The van der Waals surface area contributed by atoms with Crippen molar-refractivity contribution in [2.24, 2.45) is 0 Å². The topological polar surface area (TPSA) is 91.3 Å². The molecule has 0 saturated carbocycles. The molecule has 0 radical (unpaired) electrons. The minimum atomic E-state index is -0.474. The Morgan fingerprint density at radius 1 is 1.56 bits per heavy atom. The van der Waals surface area contributed by atoms with Gasteiger partial charge in [0.05, 0.1) is 10.6 Å². The molecular formula is C10H8BrN3O3S. The molecule has 0 bridgehead atoms. The van der Waals surface area contributed by atoms with Crippen LogP contribution in [0, 0.1) is 10.1 Å². The maximum Gasteiger partial charge on any atom is 0.287 e. The second kappa shape index (κ2) is 5.32. The highest BCUT2D eigenvalue weighted by Crippen LogP contribution is 2.34. The molecule has 94 valence electrons. The summed E-state index contributed by atoms with van der Waals surface area (Å²) in [7, 11) is 0. The number of aromatic nitrogens is 1. The van der Waals surface area contributed by atoms with E-state index in [1.54, 1.807) is 17.5 Å². The first-order valence-electron chi connectivity index (χ1n) is 4.83. The summed E-state index contributed by atoms with van der Waals surface area (Å²) in [6.07, 6.45) is 0. The quantitative estimate of drug-likeness (QED) is 0.687. The molecule has 0 fully saturated rings. The van der Waals surface area contributed by atoms with Gasteiger partial charge in [-0.3, -0.25) is 10.1 Å². The Kier molecular flexibility index (Phi) is 3.78. The van der Waals surface area contributed by atoms with Crippen molar-refractivity contribution < 1.29 is 9.66 Å². The Labute approximate surface area is 115 Å². The minimum absolute atomic E-state index is 0.0368. The molecule has 1 aromatic heterocycles. The fraction of sp³-hybridized carbons (Fsp3) is 0.100. The standard InChI is InChI=1S/C10H8BrN3O3S/c11-9-7(14(15)16)2-1-3-8(9)17-4-6-5-18-10(12)13-6/h1-3,5H,4H2,(H2,12,13). The van der Waals surface area contributed by atoms with E-state index in [-0.39, 0.29) is 12.3 Å². The van der Waals surface area contributed by atoms with Gasteiger partial charge in [0.2, 0.25) is 0 Å². The number of rotatable bonds is 4. The van der Waals surface area contributed by atoms with E-state index in [0.717, 1.165) is 0 Å². The first-order chi connectivity index (χ1) is 8.58. The number of nitrogen functional groups attached to an aromatic ring is 1. The van der Waals surface area contributed by atoms with Gasteiger partial charge in [0.1, 0.15) is 16.8 Å². The van der Waals surface area contributed by atoms with Crippen molar-refractivity contribution >= 4 is 38.1 Å². The first-order valence-corrected chi connectivity index (χ1v) is 6.51. The van der Waals surface area contributed by atoms with Crippen LogP contribution < -0.4 is 10.5 Å². The number of hydrogen-bond acceptors (Lipinski definition) is 6. The summed E-state index contributed by atoms with van der Waals surface area (Å²) < 4.78 is 5.78. The van der Waals surface area contributed by atoms with Gasteiger partial charge in [0, 0.05) is 11.4 Å². The molecule has 0 aliphatic heterocycles. The largest absolute Gasteiger partial charge is 0.486 e. The summed E-state index contributed by atoms with van der Waals surface area (Å²) in [6, 6.07) is 4.61. The molecule has 2 rings (SSSR count). The molecule has 0 aliphatic rings. The van der Waals surface area contributed by atoms with Crippen LogP contribution in [0.2, 0.25) is 0 Å². The van der Waals surface area contributed by atoms with Crippen molar-refractivity contribution in [1.29, 1.82) is 0 Å². The zero-order valence-corrected chi connectivity index (χ0v) is 11.4. The van der Waals surface area contributed by atoms with Gasteiger partial charge in [0.25, 0.3) is 5.69 Å². The van der Waals surface area contributed by atoms with Crippen LogP contribution in [0.25, 0.3) is 0 Å². The molecule has 1 aromatic carbocycles. The molecule has 2 aromatic rings. The molecule has 0 amide bonds. The van der Waals surface area contributed by atoms with Crippen molar-refractivity contribution in [3.05, 3.63) is 43.9 Å². The molecular weight excluding hydrogens is 322 g/mol. The Hall–Kier alpha value is -1.67. The normalized spacial score (nSPS) is 10.3. The minimum Gasteiger partial charge on any atom is -0.486 e. The average molecular weight is 330 g/mol. The second-order valence-corrected chi connectivity index (χ2v) is 4.99. The number of benzene rings is 1. The molecule has 0 unspecified atom stereocenters. The molecule has 2 N–H and O–H groups in total. The van der Waals surface area contributed by atoms with Gasteiger partial charge in [-0.1, -0.05) is 6.07 Å². The fourth-order valence-corrected chi connectivity index (χ4v) is 2.36. The van der Waals surface area contributed by atoms with Crippen LogP contribution in [0.15, 0.2) is 28.1 Å². The number of ether oxygens (including phenoxy) is 1. The van der Waals surface area contributed by atoms with Gasteiger partial charge in [-0.15, -0.1) is 11.3 Å². The Balaban J connectivity index is 2.14. The van der Waals surface area contributed by atoms with Crippen molar-refractivity contribution in [1.82, 2.24) is 4.98 Å². The van der Waals surface area contributed by atoms with Gasteiger partial charge in [0.15, 0.2) is 5.13 Å². The number of nitrogens with zero attached hydrogens (tertiary/aromatic N) is 2. The third-order valence-electron chi connectivity index (χ3n) is 2.08. The summed E-state index contributed by atoms with van der Waals surface area (Å²) in [4.78, 5) is 14.3. The summed E-state index contributed by atoms with van der Waals surface area (Å²) in [5.41, 5.74) is 6.15. The summed E-state index contributed by atoms with van der Waals surface area (Å²) in [5, 5.41) is 13.0. The highest BCUT2D eigenvalue weighted by molar-refractivity contribution is 9.10. The lowest BCUT2D eigenvalue weighted by atomic mass is 10.3. The number of nitro groups is 1. The zero-order valence-electron chi connectivity index (χ0n) is 9.00. The van der Waals surface area contributed by atoms with Crippen molar-refractivity contribution in [3.8, 4) is 5.75 Å². The lowest BCUT2D eigenvalue weighted by Gasteiger charge is -2.06. The maximum atomic E-state index is 10.7. The SMILES string of the molecule is Nc1nc(COc2cccc([N+](=O)[O-])c2Br)cs1. The van der Waals surface area contributed by atoms with Crippen molar-refractivity contribution in [2.75, 3.05) is 5.73 Å². The van der Waals surface area contributed by atoms with Gasteiger partial charge >= 0.3 is 0 Å². The van der Waals surface area contributed by atoms with Gasteiger partial charge in [-0.25, -0.2) is 4.98 Å². The molecule has 8 heteroatoms. The lowest BCUT2D eigenvalue weighted by Crippen LogP contribution is -1.98. The van der Waals surface area contributed by atoms with Crippen LogP contribution in [0.4, 0.5) is 10.8 Å². The number of thiazole rings is 1. The highest BCUT2D eigenvalue weighted by atomic mass is 79.9. The molecule has 0 atom stereocenters. The van der Waals surface area contributed by atoms with Gasteiger partial charge in [-0.05, 0) is 22.0 Å². The number of hydrogen-bond donors (Lipinski definition) is 1. The van der Waals surface area contributed by atoms with E-state index in [0.29, 0.717) is 21.0 Å². The first kappa shape index (κ1) is 12.8. The van der Waals surface area contributed by atoms with E-state index >= 15 is 0 Å². The number of halogens is 1. The van der Waals surface area contributed by atoms with E-state index in [9.17, 15) is 10.1 Å². The third-order valence-corrected chi connectivity index (χ3v) is 3.60. The van der Waals surface area contributed by atoms with Crippen LogP contribution in [0.1, 0.15) is 5.69 Å². The number of nitrogens with two attached hydrogens (primary N) is 1. The maximum absolute atomic E-state index is 10.7. The highest BCUT2D eigenvalue weighted by Gasteiger charge is 2.16. The average Bonchev–Trinajstić information content (AvgIpc) is 2.73. The van der Waals surface area contributed by atoms with Gasteiger partial charge < -0.3 is 10.5 Å². The van der Waals surface area contributed by atoms with Crippen molar-refractivity contribution in [3.63, 3.8) is 0 Å². The van der Waals surface area contributed by atoms with Crippen LogP contribution in [0.5, 0.6) is 5.75 Å². The summed E-state index contributed by atoms with van der Waals surface area (Å²) in [5.74, 6) is 0.399. The van der Waals surface area contributed by atoms with E-state index in [1.807, 2.05) is 0 Å². The summed E-state index contributed by atoms with van der Waals surface area (Å²) in [6.45, 7) is 0.216. The van der Waals surface area contributed by atoms with Crippen molar-refractivity contribution in [2.45, 2.75) is 6.61 Å². The molecule has 0 saturated heterocycles. The van der Waals surface area contributed by atoms with E-state index in [2.05, 4.69) is 20.9 Å². The van der Waals surface area contributed by atoms with E-state index in [4.69, 9.17) is 10.5 Å². The third kappa shape index (κ3) is 2.77.